The van der Waals surface area contributed by atoms with E-state index in [9.17, 15) is 21.6 Å². The lowest BCUT2D eigenvalue weighted by molar-refractivity contribution is 0.219. The van der Waals surface area contributed by atoms with Crippen LogP contribution in [0.4, 0.5) is 10.7 Å². The molecule has 2 N–H and O–H groups in total. The summed E-state index contributed by atoms with van der Waals surface area (Å²) in [6, 6.07) is 5.94. The number of nitrogens with zero attached hydrogens (tertiary/aromatic N) is 2. The fourth-order valence-corrected chi connectivity index (χ4v) is 3.56. The molecule has 14 heteroatoms. The van der Waals surface area contributed by atoms with E-state index in [2.05, 4.69) is 19.5 Å². The van der Waals surface area contributed by atoms with Crippen LogP contribution in [0.2, 0.25) is 0 Å². The zero-order chi connectivity index (χ0) is 22.4. The third-order valence-electron chi connectivity index (χ3n) is 3.27. The van der Waals surface area contributed by atoms with Gasteiger partial charge in [-0.2, -0.15) is 13.4 Å². The van der Waals surface area contributed by atoms with E-state index >= 15 is 0 Å². The van der Waals surface area contributed by atoms with E-state index in [1.807, 2.05) is 4.72 Å². The van der Waals surface area contributed by atoms with Crippen LogP contribution in [-0.2, 0) is 24.3 Å². The van der Waals surface area contributed by atoms with Crippen molar-refractivity contribution >= 4 is 32.1 Å². The normalized spacial score (nSPS) is 11.6. The van der Waals surface area contributed by atoms with Gasteiger partial charge in [0.25, 0.3) is 20.1 Å². The van der Waals surface area contributed by atoms with Crippen molar-refractivity contribution in [1.29, 1.82) is 0 Å². The summed E-state index contributed by atoms with van der Waals surface area (Å²) >= 11 is 0. The molecule has 12 nitrogen and oxygen atoms in total. The van der Waals surface area contributed by atoms with Gasteiger partial charge >= 0.3 is 6.03 Å². The summed E-state index contributed by atoms with van der Waals surface area (Å²) in [7, 11) is -6.61. The van der Waals surface area contributed by atoms with Crippen molar-refractivity contribution in [2.75, 3.05) is 31.9 Å². The molecule has 0 saturated heterocycles. The van der Waals surface area contributed by atoms with Crippen LogP contribution in [0.15, 0.2) is 35.2 Å². The van der Waals surface area contributed by atoms with E-state index in [1.165, 1.54) is 37.4 Å². The minimum atomic E-state index is -4.33. The van der Waals surface area contributed by atoms with Gasteiger partial charge in [0.1, 0.15) is 23.9 Å². The van der Waals surface area contributed by atoms with E-state index < -0.39 is 26.2 Å². The van der Waals surface area contributed by atoms with E-state index in [0.717, 1.165) is 6.26 Å². The van der Waals surface area contributed by atoms with Crippen molar-refractivity contribution in [3.8, 4) is 11.6 Å². The standard InChI is InChI=1S/C16H20N4O8S2/c1-11-10-14(26-2)18-15(17-11)19-16(21)20-30(24,25)13-7-5-4-6-12(13)27-8-9-28-29(3,22)23/h4-7,10H,8-9H2,1-3H3,(H2,17,18,19,20,21). The Balaban J connectivity index is 2.10. The maximum atomic E-state index is 12.6. The van der Waals surface area contributed by atoms with Gasteiger partial charge in [0.2, 0.25) is 11.8 Å². The van der Waals surface area contributed by atoms with E-state index in [4.69, 9.17) is 9.47 Å². The van der Waals surface area contributed by atoms with Gasteiger partial charge in [0, 0.05) is 11.8 Å². The molecular formula is C16H20N4O8S2. The maximum Gasteiger partial charge on any atom is 0.335 e. The van der Waals surface area contributed by atoms with E-state index in [1.54, 1.807) is 6.92 Å². The Bertz CT molecular complexity index is 1120. The number of anilines is 1. The quantitative estimate of drug-likeness (QED) is 0.401. The number of amides is 2. The van der Waals surface area contributed by atoms with Gasteiger partial charge in [-0.1, -0.05) is 12.1 Å². The van der Waals surface area contributed by atoms with Crippen LogP contribution >= 0.6 is 0 Å². The molecule has 1 aromatic carbocycles. The van der Waals surface area contributed by atoms with Crippen LogP contribution in [0.25, 0.3) is 0 Å². The highest BCUT2D eigenvalue weighted by Crippen LogP contribution is 2.23. The van der Waals surface area contributed by atoms with Crippen molar-refractivity contribution in [1.82, 2.24) is 14.7 Å². The van der Waals surface area contributed by atoms with Crippen LogP contribution in [0.3, 0.4) is 0 Å². The molecule has 0 radical (unpaired) electrons. The third kappa shape index (κ3) is 7.13. The van der Waals surface area contributed by atoms with Gasteiger partial charge in [-0.15, -0.1) is 0 Å². The van der Waals surface area contributed by atoms with Crippen molar-refractivity contribution in [2.45, 2.75) is 11.8 Å². The Morgan fingerprint density at radius 1 is 1.10 bits per heavy atom. The average molecular weight is 460 g/mol. The number of urea groups is 1. The lowest BCUT2D eigenvalue weighted by Gasteiger charge is -2.13. The number of ether oxygens (including phenoxy) is 2. The first-order valence-electron chi connectivity index (χ1n) is 8.30. The monoisotopic (exact) mass is 460 g/mol. The molecule has 30 heavy (non-hydrogen) atoms. The van der Waals surface area contributed by atoms with Crippen molar-refractivity contribution in [3.05, 3.63) is 36.0 Å². The molecule has 1 aromatic heterocycles. The molecular weight excluding hydrogens is 440 g/mol. The number of carbonyl (C=O) groups excluding carboxylic acids is 1. The second-order valence-corrected chi connectivity index (χ2v) is 9.05. The Morgan fingerprint density at radius 2 is 1.80 bits per heavy atom. The Hall–Kier alpha value is -2.97. The fourth-order valence-electron chi connectivity index (χ4n) is 2.13. The molecule has 0 aliphatic carbocycles. The number of para-hydroxylation sites is 1. The van der Waals surface area contributed by atoms with Gasteiger partial charge < -0.3 is 9.47 Å². The highest BCUT2D eigenvalue weighted by Gasteiger charge is 2.22. The molecule has 164 valence electrons. The maximum absolute atomic E-state index is 12.6. The summed E-state index contributed by atoms with van der Waals surface area (Å²) in [5, 5.41) is 2.21. The number of methoxy groups -OCH3 is 1. The molecule has 0 bridgehead atoms. The van der Waals surface area contributed by atoms with Gasteiger partial charge in [-0.05, 0) is 19.1 Å². The largest absolute Gasteiger partial charge is 0.490 e. The lowest BCUT2D eigenvalue weighted by atomic mass is 10.3. The smallest absolute Gasteiger partial charge is 0.335 e. The van der Waals surface area contributed by atoms with E-state index in [0.29, 0.717) is 5.69 Å². The zero-order valence-corrected chi connectivity index (χ0v) is 17.9. The zero-order valence-electron chi connectivity index (χ0n) is 16.3. The molecule has 2 rings (SSSR count). The number of rotatable bonds is 9. The van der Waals surface area contributed by atoms with Crippen molar-refractivity contribution in [3.63, 3.8) is 0 Å². The summed E-state index contributed by atoms with van der Waals surface area (Å²) in [4.78, 5) is 19.7. The Morgan fingerprint density at radius 3 is 2.47 bits per heavy atom. The molecule has 0 aliphatic rings. The van der Waals surface area contributed by atoms with Crippen molar-refractivity contribution < 1.29 is 35.3 Å². The molecule has 0 saturated carbocycles. The number of benzene rings is 1. The number of nitrogens with one attached hydrogen (secondary N) is 2. The number of sulfonamides is 1. The average Bonchev–Trinajstić information content (AvgIpc) is 2.63. The van der Waals surface area contributed by atoms with E-state index in [-0.39, 0.29) is 35.7 Å². The lowest BCUT2D eigenvalue weighted by Crippen LogP contribution is -2.35. The topological polar surface area (TPSA) is 163 Å². The second kappa shape index (κ2) is 9.69. The fraction of sp³-hybridized carbons (Fsp3) is 0.312. The van der Waals surface area contributed by atoms with Crippen LogP contribution < -0.4 is 19.5 Å². The molecule has 2 amide bonds. The highest BCUT2D eigenvalue weighted by atomic mass is 32.2. The number of hydrogen-bond acceptors (Lipinski definition) is 10. The third-order valence-corrected chi connectivity index (χ3v) is 5.23. The predicted molar refractivity (Wildman–Crippen MR) is 105 cm³/mol. The summed E-state index contributed by atoms with van der Waals surface area (Å²) in [6.45, 7) is 1.10. The minimum absolute atomic E-state index is 0.0941. The molecule has 0 fully saturated rings. The molecule has 0 unspecified atom stereocenters. The van der Waals surface area contributed by atoms with Gasteiger partial charge in [-0.25, -0.2) is 22.9 Å². The Labute approximate surface area is 173 Å². The molecule has 1 heterocycles. The van der Waals surface area contributed by atoms with Gasteiger partial charge in [0.05, 0.1) is 13.4 Å². The summed E-state index contributed by atoms with van der Waals surface area (Å²) in [5.41, 5.74) is 0.495. The summed E-state index contributed by atoms with van der Waals surface area (Å²) in [6.07, 6.45) is 0.876. The van der Waals surface area contributed by atoms with Crippen molar-refractivity contribution in [2.24, 2.45) is 0 Å². The van der Waals surface area contributed by atoms with Crippen LogP contribution in [0.1, 0.15) is 5.69 Å². The SMILES string of the molecule is COc1cc(C)nc(NC(=O)NS(=O)(=O)c2ccccc2OCCOS(C)(=O)=O)n1. The number of carbonyl (C=O) groups is 1. The van der Waals surface area contributed by atoms with Crippen LogP contribution in [0.5, 0.6) is 11.6 Å². The van der Waals surface area contributed by atoms with Crippen LogP contribution in [0, 0.1) is 6.92 Å². The molecule has 0 spiro atoms. The minimum Gasteiger partial charge on any atom is -0.490 e. The first-order chi connectivity index (χ1) is 14.0. The van der Waals surface area contributed by atoms with Gasteiger partial charge in [0.15, 0.2) is 0 Å². The predicted octanol–water partition coefficient (Wildman–Crippen LogP) is 0.659. The van der Waals surface area contributed by atoms with Crippen LogP contribution in [-0.4, -0.2) is 59.4 Å². The second-order valence-electron chi connectivity index (χ2n) is 5.76. The first kappa shape index (κ1) is 23.3. The molecule has 0 atom stereocenters. The molecule has 0 aliphatic heterocycles. The van der Waals surface area contributed by atoms with Gasteiger partial charge in [-0.3, -0.25) is 9.50 Å². The molecule has 2 aromatic rings. The first-order valence-corrected chi connectivity index (χ1v) is 11.6. The number of aryl methyl sites for hydroxylation is 1. The number of hydrogen-bond donors (Lipinski definition) is 2. The summed E-state index contributed by atoms with van der Waals surface area (Å²) < 4.78 is 63.7. The Kier molecular flexibility index (Phi) is 7.53. The number of aromatic nitrogens is 2. The summed E-state index contributed by atoms with van der Waals surface area (Å²) in [5.74, 6) is -0.0545. The highest BCUT2D eigenvalue weighted by molar-refractivity contribution is 7.90.